The highest BCUT2D eigenvalue weighted by Crippen LogP contribution is 2.35. The maximum atomic E-state index is 13.8. The van der Waals surface area contributed by atoms with Gasteiger partial charge in [0.1, 0.15) is 17.3 Å². The molecule has 2 amide bonds. The van der Waals surface area contributed by atoms with Gasteiger partial charge >= 0.3 is 0 Å². The van der Waals surface area contributed by atoms with Crippen molar-refractivity contribution >= 4 is 40.6 Å². The normalized spacial score (nSPS) is 14.2. The lowest BCUT2D eigenvalue weighted by Gasteiger charge is -2.22. The fourth-order valence-corrected chi connectivity index (χ4v) is 6.52. The minimum absolute atomic E-state index is 0.0193. The molecule has 0 saturated heterocycles. The Labute approximate surface area is 272 Å². The van der Waals surface area contributed by atoms with E-state index in [1.54, 1.807) is 71.5 Å². The molecule has 10 nitrogen and oxygen atoms in total. The van der Waals surface area contributed by atoms with Crippen molar-refractivity contribution in [1.82, 2.24) is 25.1 Å². The summed E-state index contributed by atoms with van der Waals surface area (Å²) in [5.74, 6) is 0.893. The molecular formula is C33H29FN6O4S2. The van der Waals surface area contributed by atoms with Crippen LogP contribution in [-0.4, -0.2) is 57.3 Å². The van der Waals surface area contributed by atoms with Gasteiger partial charge in [-0.05, 0) is 77.7 Å². The standard InChI is InChI=1S/C33H29FN6O4S2/c1-43-25-13-5-21(6-14-25)28-18-27(29-4-3-17-45-29)38-40(28)31(41)20-46-33-37-36-30(39(33)24-11-9-23(34)10-12-24)19-35-32(42)22-7-15-26(44-2)16-8-22/h3-17,28H,18-20H2,1-2H3,(H,35,42). The van der Waals surface area contributed by atoms with Crippen LogP contribution in [0.3, 0.4) is 0 Å². The third-order valence-electron chi connectivity index (χ3n) is 7.34. The summed E-state index contributed by atoms with van der Waals surface area (Å²) < 4.78 is 26.0. The number of nitrogens with zero attached hydrogens (tertiary/aromatic N) is 5. The van der Waals surface area contributed by atoms with E-state index in [0.29, 0.717) is 34.4 Å². The zero-order valence-corrected chi connectivity index (χ0v) is 26.6. The topological polar surface area (TPSA) is 111 Å². The summed E-state index contributed by atoms with van der Waals surface area (Å²) in [6.45, 7) is 0.0455. The first kappa shape index (κ1) is 31.0. The molecule has 234 valence electrons. The molecule has 0 radical (unpaired) electrons. The number of methoxy groups -OCH3 is 2. The predicted molar refractivity (Wildman–Crippen MR) is 174 cm³/mol. The summed E-state index contributed by atoms with van der Waals surface area (Å²) in [6.07, 6.45) is 0.576. The Morgan fingerprint density at radius 2 is 1.65 bits per heavy atom. The van der Waals surface area contributed by atoms with Crippen LogP contribution in [0.25, 0.3) is 5.69 Å². The van der Waals surface area contributed by atoms with Crippen molar-refractivity contribution in [3.8, 4) is 17.2 Å². The molecule has 3 aromatic carbocycles. The number of thioether (sulfide) groups is 1. The zero-order valence-electron chi connectivity index (χ0n) is 24.9. The van der Waals surface area contributed by atoms with Crippen molar-refractivity contribution < 1.29 is 23.5 Å². The number of halogens is 1. The molecule has 6 rings (SSSR count). The van der Waals surface area contributed by atoms with Crippen LogP contribution < -0.4 is 14.8 Å². The van der Waals surface area contributed by atoms with Crippen molar-refractivity contribution in [2.75, 3.05) is 20.0 Å². The summed E-state index contributed by atoms with van der Waals surface area (Å²) in [5, 5.41) is 20.2. The quantitative estimate of drug-likeness (QED) is 0.177. The Morgan fingerprint density at radius 3 is 2.30 bits per heavy atom. The van der Waals surface area contributed by atoms with Crippen LogP contribution in [-0.2, 0) is 11.3 Å². The number of carbonyl (C=O) groups excluding carboxylic acids is 2. The SMILES string of the molecule is COc1ccc(C(=O)NCc2nnc(SCC(=O)N3N=C(c4cccs4)CC3c3ccc(OC)cc3)n2-c2ccc(F)cc2)cc1. The van der Waals surface area contributed by atoms with Gasteiger partial charge in [0.05, 0.1) is 43.1 Å². The van der Waals surface area contributed by atoms with Gasteiger partial charge in [0, 0.05) is 17.7 Å². The van der Waals surface area contributed by atoms with Crippen LogP contribution in [0.1, 0.15) is 39.1 Å². The summed E-state index contributed by atoms with van der Waals surface area (Å²) >= 11 is 2.77. The molecule has 5 aromatic rings. The Balaban J connectivity index is 1.22. The van der Waals surface area contributed by atoms with E-state index in [-0.39, 0.29) is 30.2 Å². The average Bonchev–Trinajstić information content (AvgIpc) is 3.87. The van der Waals surface area contributed by atoms with E-state index in [2.05, 4.69) is 15.5 Å². The van der Waals surface area contributed by atoms with Crippen molar-refractivity contribution in [2.45, 2.75) is 24.2 Å². The second kappa shape index (κ2) is 14.0. The van der Waals surface area contributed by atoms with Crippen LogP contribution in [0, 0.1) is 5.82 Å². The molecule has 2 aromatic heterocycles. The number of aromatic nitrogens is 3. The van der Waals surface area contributed by atoms with Gasteiger partial charge < -0.3 is 14.8 Å². The Bertz CT molecular complexity index is 1840. The van der Waals surface area contributed by atoms with Crippen LogP contribution >= 0.6 is 23.1 Å². The van der Waals surface area contributed by atoms with Crippen molar-refractivity contribution in [1.29, 1.82) is 0 Å². The molecule has 0 aliphatic carbocycles. The fourth-order valence-electron chi connectivity index (χ4n) is 4.97. The van der Waals surface area contributed by atoms with Crippen molar-refractivity contribution in [3.63, 3.8) is 0 Å². The number of amides is 2. The number of thiophene rings is 1. The van der Waals surface area contributed by atoms with Gasteiger partial charge in [0.15, 0.2) is 11.0 Å². The molecule has 1 aliphatic rings. The maximum absolute atomic E-state index is 13.8. The number of rotatable bonds is 11. The molecule has 0 bridgehead atoms. The lowest BCUT2D eigenvalue weighted by Crippen LogP contribution is -2.28. The summed E-state index contributed by atoms with van der Waals surface area (Å²) in [4.78, 5) is 27.6. The van der Waals surface area contributed by atoms with Crippen LogP contribution in [0.4, 0.5) is 4.39 Å². The molecule has 0 saturated carbocycles. The number of nitrogens with one attached hydrogen (secondary N) is 1. The first-order valence-electron chi connectivity index (χ1n) is 14.3. The number of hydrazone groups is 1. The predicted octanol–water partition coefficient (Wildman–Crippen LogP) is 5.89. The summed E-state index contributed by atoms with van der Waals surface area (Å²) in [6, 6.07) is 23.9. The van der Waals surface area contributed by atoms with Crippen LogP contribution in [0.5, 0.6) is 11.5 Å². The van der Waals surface area contributed by atoms with E-state index in [9.17, 15) is 14.0 Å². The van der Waals surface area contributed by atoms with Crippen molar-refractivity contribution in [2.24, 2.45) is 5.10 Å². The maximum Gasteiger partial charge on any atom is 0.253 e. The third kappa shape index (κ3) is 6.80. The highest BCUT2D eigenvalue weighted by atomic mass is 32.2. The van der Waals surface area contributed by atoms with Gasteiger partial charge in [0.25, 0.3) is 11.8 Å². The molecule has 1 N–H and O–H groups in total. The molecule has 0 fully saturated rings. The number of ether oxygens (including phenoxy) is 2. The number of carbonyl (C=O) groups is 2. The number of hydrogen-bond acceptors (Lipinski definition) is 9. The van der Waals surface area contributed by atoms with Gasteiger partial charge in [-0.1, -0.05) is 30.0 Å². The summed E-state index contributed by atoms with van der Waals surface area (Å²) in [5.41, 5.74) is 2.83. The minimum Gasteiger partial charge on any atom is -0.497 e. The van der Waals surface area contributed by atoms with Gasteiger partial charge in [-0.25, -0.2) is 9.40 Å². The first-order chi connectivity index (χ1) is 22.4. The molecule has 3 heterocycles. The van der Waals surface area contributed by atoms with E-state index < -0.39 is 5.82 Å². The van der Waals surface area contributed by atoms with E-state index in [0.717, 1.165) is 21.9 Å². The lowest BCUT2D eigenvalue weighted by molar-refractivity contribution is -0.130. The van der Waals surface area contributed by atoms with E-state index in [1.165, 1.54) is 23.9 Å². The smallest absolute Gasteiger partial charge is 0.253 e. The lowest BCUT2D eigenvalue weighted by atomic mass is 10.0. The largest absolute Gasteiger partial charge is 0.497 e. The fraction of sp³-hybridized carbons (Fsp3) is 0.182. The molecule has 13 heteroatoms. The second-order valence-electron chi connectivity index (χ2n) is 10.2. The van der Waals surface area contributed by atoms with Crippen molar-refractivity contribution in [3.05, 3.63) is 118 Å². The third-order valence-corrected chi connectivity index (χ3v) is 9.17. The van der Waals surface area contributed by atoms with E-state index >= 15 is 0 Å². The van der Waals surface area contributed by atoms with Crippen LogP contribution in [0.15, 0.2) is 101 Å². The van der Waals surface area contributed by atoms with Crippen LogP contribution in [0.2, 0.25) is 0 Å². The monoisotopic (exact) mass is 656 g/mol. The van der Waals surface area contributed by atoms with E-state index in [1.807, 2.05) is 41.8 Å². The van der Waals surface area contributed by atoms with Gasteiger partial charge in [-0.15, -0.1) is 21.5 Å². The second-order valence-corrected chi connectivity index (χ2v) is 12.1. The van der Waals surface area contributed by atoms with Gasteiger partial charge in [-0.2, -0.15) is 5.10 Å². The zero-order chi connectivity index (χ0) is 32.0. The Kier molecular flexibility index (Phi) is 9.41. The van der Waals surface area contributed by atoms with Gasteiger partial charge in [0.2, 0.25) is 0 Å². The molecule has 0 spiro atoms. The number of hydrogen-bond donors (Lipinski definition) is 1. The Morgan fingerprint density at radius 1 is 0.957 bits per heavy atom. The van der Waals surface area contributed by atoms with Gasteiger partial charge in [-0.3, -0.25) is 14.2 Å². The molecule has 1 atom stereocenters. The average molecular weight is 657 g/mol. The number of benzene rings is 3. The molecule has 46 heavy (non-hydrogen) atoms. The van der Waals surface area contributed by atoms with E-state index in [4.69, 9.17) is 14.6 Å². The minimum atomic E-state index is -0.395. The molecule has 1 aliphatic heterocycles. The molecule has 1 unspecified atom stereocenters. The highest BCUT2D eigenvalue weighted by Gasteiger charge is 2.33. The molecular weight excluding hydrogens is 628 g/mol. The summed E-state index contributed by atoms with van der Waals surface area (Å²) in [7, 11) is 3.17. The first-order valence-corrected chi connectivity index (χ1v) is 16.1. The Hall–Kier alpha value is -5.01. The highest BCUT2D eigenvalue weighted by molar-refractivity contribution is 7.99.